The van der Waals surface area contributed by atoms with Crippen molar-refractivity contribution in [3.05, 3.63) is 0 Å². The fraction of sp³-hybridized carbons (Fsp3) is 1.00. The monoisotopic (exact) mass is 260 g/mol. The average molecular weight is 261 g/mol. The van der Waals surface area contributed by atoms with Gasteiger partial charge in [-0.25, -0.2) is 0 Å². The Morgan fingerprint density at radius 1 is 1.07 bits per heavy atom. The van der Waals surface area contributed by atoms with E-state index in [2.05, 4.69) is 15.9 Å². The number of rotatable bonds is 4. The maximum absolute atomic E-state index is 6.18. The lowest BCUT2D eigenvalue weighted by atomic mass is 10.0. The van der Waals surface area contributed by atoms with Crippen molar-refractivity contribution in [1.82, 2.24) is 0 Å². The van der Waals surface area contributed by atoms with E-state index in [1.165, 1.54) is 51.4 Å². The van der Waals surface area contributed by atoms with Gasteiger partial charge in [0.1, 0.15) is 0 Å². The summed E-state index contributed by atoms with van der Waals surface area (Å²) in [5.41, 5.74) is 0.211. The second-order valence-corrected chi connectivity index (χ2v) is 5.55. The third-order valence-corrected chi connectivity index (χ3v) is 4.88. The Morgan fingerprint density at radius 2 is 1.71 bits per heavy atom. The van der Waals surface area contributed by atoms with Crippen molar-refractivity contribution in [2.75, 3.05) is 11.9 Å². The molecule has 0 aromatic heterocycles. The fourth-order valence-electron chi connectivity index (χ4n) is 2.81. The van der Waals surface area contributed by atoms with Crippen LogP contribution in [-0.2, 0) is 4.74 Å². The Bertz CT molecular complexity index is 169. The Kier molecular flexibility index (Phi) is 3.89. The minimum atomic E-state index is 0.211. The third kappa shape index (κ3) is 2.52. The largest absolute Gasteiger partial charge is 0.374 e. The van der Waals surface area contributed by atoms with Gasteiger partial charge in [-0.15, -0.1) is 0 Å². The molecular weight excluding hydrogens is 240 g/mol. The van der Waals surface area contributed by atoms with Gasteiger partial charge in [0.05, 0.1) is 12.2 Å². The summed E-state index contributed by atoms with van der Waals surface area (Å²) in [7, 11) is 0. The van der Waals surface area contributed by atoms with E-state index in [1.807, 2.05) is 0 Å². The molecule has 0 heterocycles. The van der Waals surface area contributed by atoms with Crippen molar-refractivity contribution in [3.8, 4) is 0 Å². The molecule has 0 spiro atoms. The summed E-state index contributed by atoms with van der Waals surface area (Å²) in [6, 6.07) is 0. The summed E-state index contributed by atoms with van der Waals surface area (Å²) in [6.45, 7) is 1.02. The van der Waals surface area contributed by atoms with E-state index in [1.54, 1.807) is 0 Å². The first kappa shape index (κ1) is 10.9. The van der Waals surface area contributed by atoms with Crippen LogP contribution in [0.1, 0.15) is 51.4 Å². The van der Waals surface area contributed by atoms with Crippen LogP contribution >= 0.6 is 15.9 Å². The molecule has 1 nitrogen and oxygen atoms in total. The molecule has 2 fully saturated rings. The lowest BCUT2D eigenvalue weighted by Gasteiger charge is -2.28. The molecule has 0 atom stereocenters. The Morgan fingerprint density at radius 3 is 2.29 bits per heavy atom. The van der Waals surface area contributed by atoms with Crippen LogP contribution in [0.25, 0.3) is 0 Å². The predicted molar refractivity (Wildman–Crippen MR) is 62.9 cm³/mol. The van der Waals surface area contributed by atoms with E-state index >= 15 is 0 Å². The van der Waals surface area contributed by atoms with E-state index in [9.17, 15) is 0 Å². The molecule has 2 aliphatic rings. The molecule has 2 heteroatoms. The van der Waals surface area contributed by atoms with Crippen LogP contribution in [0.4, 0.5) is 0 Å². The smallest absolute Gasteiger partial charge is 0.0779 e. The topological polar surface area (TPSA) is 9.23 Å². The van der Waals surface area contributed by atoms with Crippen LogP contribution in [-0.4, -0.2) is 17.5 Å². The molecule has 82 valence electrons. The van der Waals surface area contributed by atoms with Crippen LogP contribution in [0.2, 0.25) is 0 Å². The van der Waals surface area contributed by atoms with E-state index < -0.39 is 0 Å². The molecule has 0 radical (unpaired) electrons. The minimum absolute atomic E-state index is 0.211. The van der Waals surface area contributed by atoms with Crippen molar-refractivity contribution >= 4 is 15.9 Å². The van der Waals surface area contributed by atoms with E-state index in [-0.39, 0.29) is 5.60 Å². The summed E-state index contributed by atoms with van der Waals surface area (Å²) < 4.78 is 6.18. The molecule has 0 aliphatic heterocycles. The lowest BCUT2D eigenvalue weighted by Crippen LogP contribution is -2.32. The van der Waals surface area contributed by atoms with Crippen molar-refractivity contribution in [2.45, 2.75) is 57.0 Å². The molecule has 0 unspecified atom stereocenters. The van der Waals surface area contributed by atoms with Crippen molar-refractivity contribution in [3.63, 3.8) is 0 Å². The molecule has 14 heavy (non-hydrogen) atoms. The highest BCUT2D eigenvalue weighted by Gasteiger charge is 2.34. The predicted octanol–water partition coefficient (Wildman–Crippen LogP) is 3.90. The molecule has 0 bridgehead atoms. The van der Waals surface area contributed by atoms with Gasteiger partial charge in [0, 0.05) is 5.33 Å². The average Bonchev–Trinajstić information content (AvgIpc) is 2.87. The lowest BCUT2D eigenvalue weighted by molar-refractivity contribution is -0.0379. The van der Waals surface area contributed by atoms with Crippen molar-refractivity contribution < 1.29 is 4.74 Å². The fourth-order valence-corrected chi connectivity index (χ4v) is 3.53. The summed E-state index contributed by atoms with van der Waals surface area (Å²) >= 11 is 3.62. The van der Waals surface area contributed by atoms with Gasteiger partial charge in [0.25, 0.3) is 0 Å². The zero-order valence-electron chi connectivity index (χ0n) is 8.93. The second kappa shape index (κ2) is 4.98. The third-order valence-electron chi connectivity index (χ3n) is 3.86. The van der Waals surface area contributed by atoms with E-state index in [4.69, 9.17) is 4.74 Å². The molecular formula is C12H21BrO. The molecule has 2 saturated carbocycles. The molecule has 0 N–H and O–H groups in total. The first-order valence-electron chi connectivity index (χ1n) is 6.05. The van der Waals surface area contributed by atoms with Crippen LogP contribution in [0, 0.1) is 5.92 Å². The van der Waals surface area contributed by atoms with E-state index in [0.29, 0.717) is 0 Å². The van der Waals surface area contributed by atoms with Crippen LogP contribution in [0.15, 0.2) is 0 Å². The van der Waals surface area contributed by atoms with Crippen molar-refractivity contribution in [1.29, 1.82) is 0 Å². The van der Waals surface area contributed by atoms with Crippen LogP contribution < -0.4 is 0 Å². The van der Waals surface area contributed by atoms with Gasteiger partial charge in [-0.2, -0.15) is 0 Å². The first-order chi connectivity index (χ1) is 6.85. The standard InChI is InChI=1S/C12H21BrO/c13-10-12(7-3-4-8-12)14-9-11-5-1-2-6-11/h11H,1-10H2. The SMILES string of the molecule is BrCC1(OCC2CCCC2)CCCC1. The van der Waals surface area contributed by atoms with Gasteiger partial charge in [-0.3, -0.25) is 0 Å². The maximum atomic E-state index is 6.18. The van der Waals surface area contributed by atoms with Gasteiger partial charge in [0.2, 0.25) is 0 Å². The normalized spacial score (nSPS) is 27.2. The maximum Gasteiger partial charge on any atom is 0.0779 e. The summed E-state index contributed by atoms with van der Waals surface area (Å²) in [5, 5.41) is 1.03. The minimum Gasteiger partial charge on any atom is -0.374 e. The summed E-state index contributed by atoms with van der Waals surface area (Å²) in [5.74, 6) is 0.867. The molecule has 0 saturated heterocycles. The highest BCUT2D eigenvalue weighted by atomic mass is 79.9. The highest BCUT2D eigenvalue weighted by Crippen LogP contribution is 2.36. The Labute approximate surface area is 95.7 Å². The van der Waals surface area contributed by atoms with Gasteiger partial charge in [-0.1, -0.05) is 41.6 Å². The Balaban J connectivity index is 1.76. The van der Waals surface area contributed by atoms with Crippen molar-refractivity contribution in [2.24, 2.45) is 5.92 Å². The first-order valence-corrected chi connectivity index (χ1v) is 7.17. The Hall–Kier alpha value is 0.440. The summed E-state index contributed by atoms with van der Waals surface area (Å²) in [4.78, 5) is 0. The molecule has 2 aliphatic carbocycles. The number of alkyl halides is 1. The van der Waals surface area contributed by atoms with Gasteiger partial charge < -0.3 is 4.74 Å². The quantitative estimate of drug-likeness (QED) is 0.697. The van der Waals surface area contributed by atoms with Gasteiger partial charge in [0.15, 0.2) is 0 Å². The molecule has 0 aromatic rings. The second-order valence-electron chi connectivity index (χ2n) is 4.99. The highest BCUT2D eigenvalue weighted by molar-refractivity contribution is 9.09. The van der Waals surface area contributed by atoms with Gasteiger partial charge in [-0.05, 0) is 31.6 Å². The summed E-state index contributed by atoms with van der Waals surface area (Å²) in [6.07, 6.45) is 10.9. The number of halogens is 1. The molecule has 2 rings (SSSR count). The molecule has 0 aromatic carbocycles. The van der Waals surface area contributed by atoms with Gasteiger partial charge >= 0.3 is 0 Å². The zero-order chi connectivity index (χ0) is 9.86. The van der Waals surface area contributed by atoms with E-state index in [0.717, 1.165) is 17.9 Å². The zero-order valence-corrected chi connectivity index (χ0v) is 10.5. The van der Waals surface area contributed by atoms with Crippen LogP contribution in [0.3, 0.4) is 0 Å². The number of hydrogen-bond donors (Lipinski definition) is 0. The number of ether oxygens (including phenoxy) is 1. The number of hydrogen-bond acceptors (Lipinski definition) is 1. The van der Waals surface area contributed by atoms with Crippen LogP contribution in [0.5, 0.6) is 0 Å². The molecule has 0 amide bonds.